The van der Waals surface area contributed by atoms with Crippen molar-refractivity contribution in [1.82, 2.24) is 4.90 Å². The van der Waals surface area contributed by atoms with E-state index in [2.05, 4.69) is 0 Å². The number of likely N-dealkylation sites (tertiary alicyclic amines) is 1. The fourth-order valence-corrected chi connectivity index (χ4v) is 3.11. The van der Waals surface area contributed by atoms with E-state index in [4.69, 9.17) is 11.6 Å². The van der Waals surface area contributed by atoms with Crippen LogP contribution in [0.25, 0.3) is 0 Å². The average molecular weight is 216 g/mol. The number of rotatable bonds is 1. The first-order valence-corrected chi connectivity index (χ1v) is 6.13. The number of nitrogens with zero attached hydrogens (tertiary/aromatic N) is 1. The predicted molar refractivity (Wildman–Crippen MR) is 57.4 cm³/mol. The van der Waals surface area contributed by atoms with Gasteiger partial charge in [0.2, 0.25) is 5.91 Å². The quantitative estimate of drug-likeness (QED) is 0.616. The number of carbonyl (C=O) groups is 1. The topological polar surface area (TPSA) is 20.3 Å². The maximum atomic E-state index is 11.4. The number of carbonyl (C=O) groups excluding carboxylic acids is 1. The van der Waals surface area contributed by atoms with Crippen LogP contribution in [-0.4, -0.2) is 29.8 Å². The summed E-state index contributed by atoms with van der Waals surface area (Å²) in [5.41, 5.74) is 0.600. The second kappa shape index (κ2) is 4.09. The van der Waals surface area contributed by atoms with Gasteiger partial charge < -0.3 is 4.90 Å². The Balaban J connectivity index is 1.88. The van der Waals surface area contributed by atoms with Gasteiger partial charge in [0.05, 0.1) is 0 Å². The summed E-state index contributed by atoms with van der Waals surface area (Å²) in [6, 6.07) is 0. The van der Waals surface area contributed by atoms with Crippen LogP contribution >= 0.6 is 11.6 Å². The van der Waals surface area contributed by atoms with Gasteiger partial charge in [-0.1, -0.05) is 12.8 Å². The Labute approximate surface area is 90.6 Å². The molecule has 1 aliphatic carbocycles. The molecule has 1 saturated carbocycles. The van der Waals surface area contributed by atoms with Gasteiger partial charge in [0, 0.05) is 13.1 Å². The summed E-state index contributed by atoms with van der Waals surface area (Å²) in [6.45, 7) is 1.87. The van der Waals surface area contributed by atoms with Crippen molar-refractivity contribution in [2.75, 3.05) is 19.0 Å². The minimum atomic E-state index is 0.111. The number of alkyl halides is 1. The third-order valence-corrected chi connectivity index (χ3v) is 4.18. The molecule has 0 unspecified atom stereocenters. The molecule has 0 atom stereocenters. The van der Waals surface area contributed by atoms with Crippen LogP contribution in [0.2, 0.25) is 0 Å². The van der Waals surface area contributed by atoms with Gasteiger partial charge in [-0.3, -0.25) is 4.79 Å². The molecule has 14 heavy (non-hydrogen) atoms. The highest BCUT2D eigenvalue weighted by molar-refractivity contribution is 6.27. The van der Waals surface area contributed by atoms with Crippen molar-refractivity contribution in [3.63, 3.8) is 0 Å². The Morgan fingerprint density at radius 1 is 1.14 bits per heavy atom. The van der Waals surface area contributed by atoms with Crippen LogP contribution in [0.5, 0.6) is 0 Å². The molecule has 2 aliphatic rings. The summed E-state index contributed by atoms with van der Waals surface area (Å²) in [5, 5.41) is 0. The van der Waals surface area contributed by atoms with E-state index >= 15 is 0 Å². The van der Waals surface area contributed by atoms with E-state index in [1.807, 2.05) is 4.90 Å². The molecule has 0 aromatic carbocycles. The molecule has 1 heterocycles. The monoisotopic (exact) mass is 215 g/mol. The highest BCUT2D eigenvalue weighted by Gasteiger charge is 2.37. The maximum absolute atomic E-state index is 11.4. The van der Waals surface area contributed by atoms with Crippen molar-refractivity contribution in [1.29, 1.82) is 0 Å². The van der Waals surface area contributed by atoms with E-state index in [0.717, 1.165) is 13.1 Å². The van der Waals surface area contributed by atoms with Crippen LogP contribution in [0, 0.1) is 5.41 Å². The van der Waals surface area contributed by atoms with Gasteiger partial charge in [0.25, 0.3) is 0 Å². The first-order chi connectivity index (χ1) is 6.76. The summed E-state index contributed by atoms with van der Waals surface area (Å²) in [4.78, 5) is 13.3. The first-order valence-electron chi connectivity index (χ1n) is 5.60. The molecule has 80 valence electrons. The molecule has 2 fully saturated rings. The van der Waals surface area contributed by atoms with Crippen molar-refractivity contribution in [2.45, 2.75) is 38.5 Å². The molecule has 1 spiro atoms. The van der Waals surface area contributed by atoms with Crippen LogP contribution in [0.3, 0.4) is 0 Å². The lowest BCUT2D eigenvalue weighted by Gasteiger charge is -2.39. The molecule has 0 aromatic heterocycles. The van der Waals surface area contributed by atoms with Crippen molar-refractivity contribution in [2.24, 2.45) is 5.41 Å². The summed E-state index contributed by atoms with van der Waals surface area (Å²) in [6.07, 6.45) is 7.96. The summed E-state index contributed by atoms with van der Waals surface area (Å²) >= 11 is 5.55. The Morgan fingerprint density at radius 2 is 1.71 bits per heavy atom. The maximum Gasteiger partial charge on any atom is 0.237 e. The largest absolute Gasteiger partial charge is 0.342 e. The van der Waals surface area contributed by atoms with Gasteiger partial charge in [-0.15, -0.1) is 11.6 Å². The molecule has 0 N–H and O–H groups in total. The molecule has 3 heteroatoms. The van der Waals surface area contributed by atoms with E-state index in [9.17, 15) is 4.79 Å². The number of amides is 1. The van der Waals surface area contributed by atoms with Crippen LogP contribution in [0.15, 0.2) is 0 Å². The lowest BCUT2D eigenvalue weighted by atomic mass is 9.77. The molecule has 0 aromatic rings. The molecule has 2 nitrogen and oxygen atoms in total. The lowest BCUT2D eigenvalue weighted by molar-refractivity contribution is -0.130. The summed E-state index contributed by atoms with van der Waals surface area (Å²) in [7, 11) is 0. The van der Waals surface area contributed by atoms with Crippen LogP contribution in [0.4, 0.5) is 0 Å². The molecule has 1 saturated heterocycles. The van der Waals surface area contributed by atoms with E-state index in [1.165, 1.54) is 38.5 Å². The fraction of sp³-hybridized carbons (Fsp3) is 0.909. The number of halogens is 1. The van der Waals surface area contributed by atoms with Crippen molar-refractivity contribution in [3.05, 3.63) is 0 Å². The Morgan fingerprint density at radius 3 is 2.21 bits per heavy atom. The zero-order chi connectivity index (χ0) is 10.0. The first kappa shape index (κ1) is 10.3. The molecular weight excluding hydrogens is 198 g/mol. The number of hydrogen-bond acceptors (Lipinski definition) is 1. The van der Waals surface area contributed by atoms with E-state index in [0.29, 0.717) is 5.41 Å². The fourth-order valence-electron chi connectivity index (χ4n) is 2.94. The third-order valence-electron chi connectivity index (χ3n) is 3.96. The molecule has 2 rings (SSSR count). The van der Waals surface area contributed by atoms with Gasteiger partial charge in [-0.25, -0.2) is 0 Å². The Kier molecular flexibility index (Phi) is 3.01. The van der Waals surface area contributed by atoms with E-state index < -0.39 is 0 Å². The second-order valence-corrected chi connectivity index (χ2v) is 4.99. The number of hydrogen-bond donors (Lipinski definition) is 0. The smallest absolute Gasteiger partial charge is 0.237 e. The minimum absolute atomic E-state index is 0.111. The zero-order valence-corrected chi connectivity index (χ0v) is 9.35. The predicted octanol–water partition coefficient (Wildman–Crippen LogP) is 2.41. The van der Waals surface area contributed by atoms with Crippen LogP contribution in [0.1, 0.15) is 38.5 Å². The van der Waals surface area contributed by atoms with Gasteiger partial charge >= 0.3 is 0 Å². The highest BCUT2D eigenvalue weighted by Crippen LogP contribution is 2.46. The van der Waals surface area contributed by atoms with Crippen molar-refractivity contribution >= 4 is 17.5 Å². The molecule has 0 radical (unpaired) electrons. The second-order valence-electron chi connectivity index (χ2n) is 4.72. The van der Waals surface area contributed by atoms with Crippen molar-refractivity contribution < 1.29 is 4.79 Å². The molecule has 1 aliphatic heterocycles. The van der Waals surface area contributed by atoms with Gasteiger partial charge in [-0.2, -0.15) is 0 Å². The normalized spacial score (nSPS) is 25.6. The Hall–Kier alpha value is -0.240. The highest BCUT2D eigenvalue weighted by atomic mass is 35.5. The zero-order valence-electron chi connectivity index (χ0n) is 8.60. The number of piperidine rings is 1. The van der Waals surface area contributed by atoms with Gasteiger partial charge in [0.15, 0.2) is 0 Å². The molecular formula is C11H18ClNO. The van der Waals surface area contributed by atoms with Crippen molar-refractivity contribution in [3.8, 4) is 0 Å². The third kappa shape index (κ3) is 1.90. The van der Waals surface area contributed by atoms with E-state index in [-0.39, 0.29) is 11.8 Å². The summed E-state index contributed by atoms with van der Waals surface area (Å²) in [5.74, 6) is 0.256. The van der Waals surface area contributed by atoms with Crippen LogP contribution in [-0.2, 0) is 4.79 Å². The van der Waals surface area contributed by atoms with Crippen LogP contribution < -0.4 is 0 Å². The Bertz CT molecular complexity index is 213. The SMILES string of the molecule is O=C(CCl)N1CCC2(CCCC2)CC1. The standard InChI is InChI=1S/C11H18ClNO/c12-9-10(14)13-7-5-11(6-8-13)3-1-2-4-11/h1-9H2. The molecule has 0 bridgehead atoms. The summed E-state index contributed by atoms with van der Waals surface area (Å²) < 4.78 is 0. The minimum Gasteiger partial charge on any atom is -0.342 e. The average Bonchev–Trinajstić information content (AvgIpc) is 2.67. The van der Waals surface area contributed by atoms with Gasteiger partial charge in [-0.05, 0) is 31.1 Å². The van der Waals surface area contributed by atoms with E-state index in [1.54, 1.807) is 0 Å². The van der Waals surface area contributed by atoms with Gasteiger partial charge in [0.1, 0.15) is 5.88 Å². The lowest BCUT2D eigenvalue weighted by Crippen LogP contribution is -2.42. The molecule has 1 amide bonds.